The summed E-state index contributed by atoms with van der Waals surface area (Å²) in [5.74, 6) is 0.899. The topological polar surface area (TPSA) is 39.2 Å². The van der Waals surface area contributed by atoms with Gasteiger partial charge in [0.1, 0.15) is 0 Å². The van der Waals surface area contributed by atoms with E-state index < -0.39 is 0 Å². The first-order valence-corrected chi connectivity index (χ1v) is 10.6. The van der Waals surface area contributed by atoms with Crippen molar-refractivity contribution in [3.05, 3.63) is 52.9 Å². The van der Waals surface area contributed by atoms with Gasteiger partial charge in [0, 0.05) is 11.6 Å². The summed E-state index contributed by atoms with van der Waals surface area (Å²) >= 11 is 0. The van der Waals surface area contributed by atoms with Crippen LogP contribution in [-0.2, 0) is 10.2 Å². The molecule has 0 aromatic carbocycles. The van der Waals surface area contributed by atoms with Gasteiger partial charge in [0.05, 0.1) is 18.4 Å². The highest BCUT2D eigenvalue weighted by molar-refractivity contribution is 5.88. The molecule has 3 nitrogen and oxygen atoms in total. The normalized spacial score (nSPS) is 27.5. The Morgan fingerprint density at radius 1 is 1.18 bits per heavy atom. The summed E-state index contributed by atoms with van der Waals surface area (Å²) in [5.41, 5.74) is 5.25. The predicted molar refractivity (Wildman–Crippen MR) is 112 cm³/mol. The van der Waals surface area contributed by atoms with Gasteiger partial charge in [0.25, 0.3) is 0 Å². The van der Waals surface area contributed by atoms with Gasteiger partial charge in [-0.2, -0.15) is 0 Å². The number of ether oxygens (including phenoxy) is 1. The summed E-state index contributed by atoms with van der Waals surface area (Å²) in [5, 5.41) is 0. The number of aromatic nitrogens is 1. The van der Waals surface area contributed by atoms with Gasteiger partial charge in [-0.1, -0.05) is 52.3 Å². The van der Waals surface area contributed by atoms with Crippen molar-refractivity contribution in [3.63, 3.8) is 0 Å². The summed E-state index contributed by atoms with van der Waals surface area (Å²) in [6.07, 6.45) is 11.6. The van der Waals surface area contributed by atoms with E-state index in [0.29, 0.717) is 22.8 Å². The summed E-state index contributed by atoms with van der Waals surface area (Å²) in [4.78, 5) is 16.5. The van der Waals surface area contributed by atoms with E-state index in [1.54, 1.807) is 11.8 Å². The Hall–Kier alpha value is -1.90. The minimum absolute atomic E-state index is 0.0583. The van der Waals surface area contributed by atoms with Crippen molar-refractivity contribution in [2.24, 2.45) is 22.7 Å². The van der Waals surface area contributed by atoms with E-state index in [-0.39, 0.29) is 16.8 Å². The maximum Gasteiger partial charge on any atom is 0.339 e. The number of methoxy groups -OCH3 is 1. The second-order valence-corrected chi connectivity index (χ2v) is 10.6. The van der Waals surface area contributed by atoms with Crippen LogP contribution < -0.4 is 0 Å². The van der Waals surface area contributed by atoms with Crippen molar-refractivity contribution in [1.82, 2.24) is 4.98 Å². The number of carbonyl (C=O) groups excluding carboxylic acids is 1. The van der Waals surface area contributed by atoms with Crippen LogP contribution in [0, 0.1) is 22.7 Å². The molecule has 0 bridgehead atoms. The number of nitrogens with zero attached hydrogens (tertiary/aromatic N) is 1. The maximum absolute atomic E-state index is 11.8. The SMILES string of the molecule is COC(=O)c1ccc(C2(C3=CC(C(C)(C)C)=C[C@H]4C3CCC4(C)C)CC2)nc1. The Labute approximate surface area is 169 Å². The molecule has 3 aliphatic carbocycles. The van der Waals surface area contributed by atoms with Crippen molar-refractivity contribution < 1.29 is 9.53 Å². The fraction of sp³-hybridized carbons (Fsp3) is 0.600. The van der Waals surface area contributed by atoms with Gasteiger partial charge < -0.3 is 4.74 Å². The van der Waals surface area contributed by atoms with Crippen LogP contribution in [0.2, 0.25) is 0 Å². The van der Waals surface area contributed by atoms with Crippen LogP contribution in [0.5, 0.6) is 0 Å². The Morgan fingerprint density at radius 2 is 1.89 bits per heavy atom. The first kappa shape index (κ1) is 19.4. The van der Waals surface area contributed by atoms with Gasteiger partial charge >= 0.3 is 5.97 Å². The van der Waals surface area contributed by atoms with Crippen molar-refractivity contribution >= 4 is 5.97 Å². The molecule has 28 heavy (non-hydrogen) atoms. The van der Waals surface area contributed by atoms with Crippen molar-refractivity contribution in [2.45, 2.75) is 65.7 Å². The van der Waals surface area contributed by atoms with Gasteiger partial charge in [0.15, 0.2) is 0 Å². The van der Waals surface area contributed by atoms with Crippen LogP contribution >= 0.6 is 0 Å². The highest BCUT2D eigenvalue weighted by Crippen LogP contribution is 2.63. The first-order valence-electron chi connectivity index (χ1n) is 10.6. The molecule has 0 radical (unpaired) electrons. The summed E-state index contributed by atoms with van der Waals surface area (Å²) in [7, 11) is 1.41. The third-order valence-electron chi connectivity index (χ3n) is 7.35. The smallest absolute Gasteiger partial charge is 0.339 e. The zero-order chi connectivity index (χ0) is 20.3. The van der Waals surface area contributed by atoms with E-state index in [1.807, 2.05) is 12.1 Å². The second-order valence-electron chi connectivity index (χ2n) is 10.6. The molecule has 1 aromatic heterocycles. The number of esters is 1. The molecule has 2 fully saturated rings. The molecule has 0 aliphatic heterocycles. The van der Waals surface area contributed by atoms with Crippen LogP contribution in [-0.4, -0.2) is 18.1 Å². The average Bonchev–Trinajstić information content (AvgIpc) is 3.40. The van der Waals surface area contributed by atoms with Gasteiger partial charge in [-0.05, 0) is 66.1 Å². The van der Waals surface area contributed by atoms with E-state index in [1.165, 1.54) is 25.5 Å². The molecular weight excluding hydrogens is 346 g/mol. The van der Waals surface area contributed by atoms with Gasteiger partial charge in [-0.3, -0.25) is 4.98 Å². The molecule has 3 heteroatoms. The molecule has 3 aliphatic rings. The van der Waals surface area contributed by atoms with Crippen molar-refractivity contribution in [3.8, 4) is 0 Å². The lowest BCUT2D eigenvalue weighted by molar-refractivity contribution is 0.0600. The van der Waals surface area contributed by atoms with Gasteiger partial charge in [-0.15, -0.1) is 0 Å². The van der Waals surface area contributed by atoms with Crippen molar-refractivity contribution in [2.75, 3.05) is 7.11 Å². The fourth-order valence-electron chi connectivity index (χ4n) is 5.32. The number of rotatable bonds is 3. The number of pyridine rings is 1. The molecule has 2 saturated carbocycles. The first-order chi connectivity index (χ1) is 13.1. The molecule has 4 rings (SSSR count). The number of fused-ring (bicyclic) bond motifs is 1. The maximum atomic E-state index is 11.8. The quantitative estimate of drug-likeness (QED) is 0.617. The summed E-state index contributed by atoms with van der Waals surface area (Å²) in [6.45, 7) is 11.8. The standard InChI is InChI=1S/C25H33NO2/c1-23(2,3)17-13-19-18(9-10-24(19,4)5)20(14-17)25(11-12-25)21-8-7-16(15-26-21)22(27)28-6/h7-8,13-15,18-19H,9-12H2,1-6H3/t18?,19-/m0/s1. The fourth-order valence-corrected chi connectivity index (χ4v) is 5.32. The molecule has 1 unspecified atom stereocenters. The van der Waals surface area contributed by atoms with Crippen LogP contribution in [0.3, 0.4) is 0 Å². The molecule has 150 valence electrons. The Bertz CT molecular complexity index is 848. The Balaban J connectivity index is 1.75. The third kappa shape index (κ3) is 3.03. The zero-order valence-corrected chi connectivity index (χ0v) is 18.1. The van der Waals surface area contributed by atoms with Crippen LogP contribution in [0.1, 0.15) is 76.4 Å². The molecule has 0 N–H and O–H groups in total. The molecule has 0 spiro atoms. The predicted octanol–water partition coefficient (Wildman–Crippen LogP) is 5.86. The van der Waals surface area contributed by atoms with Crippen LogP contribution in [0.25, 0.3) is 0 Å². The molecule has 2 atom stereocenters. The largest absolute Gasteiger partial charge is 0.465 e. The van der Waals surface area contributed by atoms with E-state index in [0.717, 1.165) is 18.5 Å². The summed E-state index contributed by atoms with van der Waals surface area (Å²) < 4.78 is 4.83. The molecule has 1 aromatic rings. The second kappa shape index (κ2) is 6.30. The highest BCUT2D eigenvalue weighted by Gasteiger charge is 2.55. The average molecular weight is 380 g/mol. The third-order valence-corrected chi connectivity index (χ3v) is 7.35. The van der Waals surface area contributed by atoms with Crippen LogP contribution in [0.4, 0.5) is 0 Å². The highest BCUT2D eigenvalue weighted by atomic mass is 16.5. The minimum atomic E-state index is -0.323. The molecular formula is C25H33NO2. The van der Waals surface area contributed by atoms with Crippen molar-refractivity contribution in [1.29, 1.82) is 0 Å². The van der Waals surface area contributed by atoms with E-state index in [4.69, 9.17) is 9.72 Å². The Kier molecular flexibility index (Phi) is 4.37. The zero-order valence-electron chi connectivity index (χ0n) is 18.1. The minimum Gasteiger partial charge on any atom is -0.465 e. The lowest BCUT2D eigenvalue weighted by Gasteiger charge is -2.39. The lowest BCUT2D eigenvalue weighted by Crippen LogP contribution is -2.30. The number of hydrogen-bond donors (Lipinski definition) is 0. The van der Waals surface area contributed by atoms with Gasteiger partial charge in [-0.25, -0.2) is 4.79 Å². The van der Waals surface area contributed by atoms with E-state index in [9.17, 15) is 4.79 Å². The Morgan fingerprint density at radius 3 is 2.43 bits per heavy atom. The van der Waals surface area contributed by atoms with Gasteiger partial charge in [0.2, 0.25) is 0 Å². The summed E-state index contributed by atoms with van der Waals surface area (Å²) in [6, 6.07) is 3.92. The number of carbonyl (C=O) groups is 1. The molecule has 0 amide bonds. The number of allylic oxidation sites excluding steroid dienone is 4. The monoisotopic (exact) mass is 379 g/mol. The van der Waals surface area contributed by atoms with Crippen LogP contribution in [0.15, 0.2) is 41.6 Å². The van der Waals surface area contributed by atoms with E-state index >= 15 is 0 Å². The number of hydrogen-bond acceptors (Lipinski definition) is 3. The van der Waals surface area contributed by atoms with E-state index in [2.05, 4.69) is 46.8 Å². The molecule has 1 heterocycles. The lowest BCUT2D eigenvalue weighted by atomic mass is 9.66. The molecule has 0 saturated heterocycles.